The zero-order valence-corrected chi connectivity index (χ0v) is 8.78. The summed E-state index contributed by atoms with van der Waals surface area (Å²) >= 11 is 0. The van der Waals surface area contributed by atoms with Crippen molar-refractivity contribution >= 4 is 0 Å². The first-order chi connectivity index (χ1) is 6.93. The molecule has 0 saturated heterocycles. The van der Waals surface area contributed by atoms with Gasteiger partial charge in [0.2, 0.25) is 0 Å². The number of unbranched alkanes of at least 4 members (excludes halogenated alkanes) is 1. The first kappa shape index (κ1) is 10.8. The van der Waals surface area contributed by atoms with Gasteiger partial charge in [-0.2, -0.15) is 0 Å². The summed E-state index contributed by atoms with van der Waals surface area (Å²) in [6.07, 6.45) is 7.79. The lowest BCUT2D eigenvalue weighted by molar-refractivity contribution is 0.325. The molecule has 0 atom stereocenters. The summed E-state index contributed by atoms with van der Waals surface area (Å²) in [5, 5.41) is 0. The van der Waals surface area contributed by atoms with Crippen molar-refractivity contribution in [2.75, 3.05) is 6.61 Å². The zero-order valence-electron chi connectivity index (χ0n) is 8.78. The fourth-order valence-corrected chi connectivity index (χ4v) is 1.16. The average Bonchev–Trinajstić information content (AvgIpc) is 2.25. The first-order valence-corrected chi connectivity index (χ1v) is 5.26. The third-order valence-electron chi connectivity index (χ3n) is 1.92. The highest BCUT2D eigenvalue weighted by molar-refractivity contribution is 5.20. The Bertz CT molecular complexity index is 251. The predicted octanol–water partition coefficient (Wildman–Crippen LogP) is 3.81. The maximum Gasteiger partial charge on any atom is 0.119 e. The van der Waals surface area contributed by atoms with E-state index in [9.17, 15) is 0 Å². The van der Waals surface area contributed by atoms with Crippen LogP contribution < -0.4 is 4.74 Å². The molecule has 0 aliphatic heterocycles. The second-order valence-electron chi connectivity index (χ2n) is 3.21. The molecule has 0 spiro atoms. The SMILES string of the molecule is CCC/C=C/CCOc1ccccc1. The zero-order chi connectivity index (χ0) is 10.1. The Hall–Kier alpha value is -1.24. The van der Waals surface area contributed by atoms with Gasteiger partial charge in [0, 0.05) is 0 Å². The number of allylic oxidation sites excluding steroid dienone is 1. The number of benzene rings is 1. The van der Waals surface area contributed by atoms with Crippen molar-refractivity contribution in [3.63, 3.8) is 0 Å². The van der Waals surface area contributed by atoms with Crippen molar-refractivity contribution in [1.29, 1.82) is 0 Å². The van der Waals surface area contributed by atoms with Crippen molar-refractivity contribution in [1.82, 2.24) is 0 Å². The van der Waals surface area contributed by atoms with Gasteiger partial charge in [-0.25, -0.2) is 0 Å². The molecule has 14 heavy (non-hydrogen) atoms. The van der Waals surface area contributed by atoms with Crippen LogP contribution in [0.5, 0.6) is 5.75 Å². The van der Waals surface area contributed by atoms with E-state index in [1.54, 1.807) is 0 Å². The molecule has 76 valence electrons. The topological polar surface area (TPSA) is 9.23 Å². The fraction of sp³-hybridized carbons (Fsp3) is 0.385. The quantitative estimate of drug-likeness (QED) is 0.489. The molecule has 0 aliphatic rings. The Labute approximate surface area is 86.4 Å². The Morgan fingerprint density at radius 3 is 2.50 bits per heavy atom. The van der Waals surface area contributed by atoms with Gasteiger partial charge >= 0.3 is 0 Å². The van der Waals surface area contributed by atoms with E-state index in [-0.39, 0.29) is 0 Å². The Morgan fingerprint density at radius 2 is 1.79 bits per heavy atom. The van der Waals surface area contributed by atoms with E-state index >= 15 is 0 Å². The average molecular weight is 190 g/mol. The largest absolute Gasteiger partial charge is 0.493 e. The van der Waals surface area contributed by atoms with E-state index in [0.717, 1.165) is 18.8 Å². The molecule has 0 unspecified atom stereocenters. The Kier molecular flexibility index (Phi) is 5.57. The van der Waals surface area contributed by atoms with Crippen LogP contribution in [0.3, 0.4) is 0 Å². The maximum atomic E-state index is 5.53. The van der Waals surface area contributed by atoms with Crippen molar-refractivity contribution in [3.05, 3.63) is 42.5 Å². The summed E-state index contributed by atoms with van der Waals surface area (Å²) < 4.78 is 5.53. The van der Waals surface area contributed by atoms with Crippen molar-refractivity contribution in [3.8, 4) is 5.75 Å². The van der Waals surface area contributed by atoms with Gasteiger partial charge in [-0.3, -0.25) is 0 Å². The van der Waals surface area contributed by atoms with E-state index in [2.05, 4.69) is 19.1 Å². The molecule has 1 rings (SSSR count). The minimum Gasteiger partial charge on any atom is -0.493 e. The van der Waals surface area contributed by atoms with Crippen LogP contribution in [0.4, 0.5) is 0 Å². The molecule has 1 aromatic rings. The second-order valence-corrected chi connectivity index (χ2v) is 3.21. The molecule has 0 heterocycles. The van der Waals surface area contributed by atoms with Gasteiger partial charge in [-0.15, -0.1) is 0 Å². The van der Waals surface area contributed by atoms with Gasteiger partial charge in [0.15, 0.2) is 0 Å². The maximum absolute atomic E-state index is 5.53. The lowest BCUT2D eigenvalue weighted by Crippen LogP contribution is -1.94. The van der Waals surface area contributed by atoms with Crippen LogP contribution in [0.2, 0.25) is 0 Å². The van der Waals surface area contributed by atoms with Crippen LogP contribution in [-0.2, 0) is 0 Å². The third kappa shape index (κ3) is 4.70. The molecule has 0 amide bonds. The molecule has 0 fully saturated rings. The summed E-state index contributed by atoms with van der Waals surface area (Å²) in [6.45, 7) is 2.95. The molecule has 0 aliphatic carbocycles. The standard InChI is InChI=1S/C13H18O/c1-2-3-4-5-9-12-14-13-10-7-6-8-11-13/h4-8,10-11H,2-3,9,12H2,1H3/b5-4+. The second kappa shape index (κ2) is 7.19. The molecule has 1 aromatic carbocycles. The van der Waals surface area contributed by atoms with E-state index in [4.69, 9.17) is 4.74 Å². The fourth-order valence-electron chi connectivity index (χ4n) is 1.16. The highest BCUT2D eigenvalue weighted by Crippen LogP contribution is 2.08. The van der Waals surface area contributed by atoms with Gasteiger partial charge in [-0.05, 0) is 25.0 Å². The van der Waals surface area contributed by atoms with Gasteiger partial charge in [0.05, 0.1) is 6.61 Å². The number of para-hydroxylation sites is 1. The number of rotatable bonds is 6. The number of hydrogen-bond acceptors (Lipinski definition) is 1. The van der Waals surface area contributed by atoms with Crippen molar-refractivity contribution in [2.45, 2.75) is 26.2 Å². The summed E-state index contributed by atoms with van der Waals surface area (Å²) in [6, 6.07) is 9.93. The normalized spacial score (nSPS) is 10.6. The van der Waals surface area contributed by atoms with E-state index in [1.807, 2.05) is 30.3 Å². The van der Waals surface area contributed by atoms with Crippen LogP contribution in [0.15, 0.2) is 42.5 Å². The smallest absolute Gasteiger partial charge is 0.119 e. The number of ether oxygens (including phenoxy) is 1. The van der Waals surface area contributed by atoms with E-state index < -0.39 is 0 Å². The summed E-state index contributed by atoms with van der Waals surface area (Å²) in [5.74, 6) is 0.955. The summed E-state index contributed by atoms with van der Waals surface area (Å²) in [5.41, 5.74) is 0. The summed E-state index contributed by atoms with van der Waals surface area (Å²) in [4.78, 5) is 0. The van der Waals surface area contributed by atoms with Gasteiger partial charge < -0.3 is 4.74 Å². The van der Waals surface area contributed by atoms with Crippen LogP contribution in [-0.4, -0.2) is 6.61 Å². The molecule has 0 saturated carbocycles. The van der Waals surface area contributed by atoms with Crippen molar-refractivity contribution < 1.29 is 4.74 Å². The first-order valence-electron chi connectivity index (χ1n) is 5.26. The molecule has 0 N–H and O–H groups in total. The Morgan fingerprint density at radius 1 is 1.07 bits per heavy atom. The van der Waals surface area contributed by atoms with E-state index in [1.165, 1.54) is 12.8 Å². The molecule has 1 nitrogen and oxygen atoms in total. The van der Waals surface area contributed by atoms with E-state index in [0.29, 0.717) is 0 Å². The van der Waals surface area contributed by atoms with Gasteiger partial charge in [-0.1, -0.05) is 43.7 Å². The van der Waals surface area contributed by atoms with Crippen LogP contribution in [0.25, 0.3) is 0 Å². The van der Waals surface area contributed by atoms with Crippen molar-refractivity contribution in [2.24, 2.45) is 0 Å². The lowest BCUT2D eigenvalue weighted by Gasteiger charge is -2.02. The highest BCUT2D eigenvalue weighted by Gasteiger charge is 1.88. The molecule has 0 bridgehead atoms. The monoisotopic (exact) mass is 190 g/mol. The lowest BCUT2D eigenvalue weighted by atomic mass is 10.3. The minimum absolute atomic E-state index is 0.768. The predicted molar refractivity (Wildman–Crippen MR) is 60.6 cm³/mol. The molecule has 0 radical (unpaired) electrons. The van der Waals surface area contributed by atoms with Crippen LogP contribution >= 0.6 is 0 Å². The molecular weight excluding hydrogens is 172 g/mol. The van der Waals surface area contributed by atoms with Gasteiger partial charge in [0.25, 0.3) is 0 Å². The third-order valence-corrected chi connectivity index (χ3v) is 1.92. The molecular formula is C13H18O. The van der Waals surface area contributed by atoms with Crippen LogP contribution in [0, 0.1) is 0 Å². The molecule has 1 heteroatoms. The minimum atomic E-state index is 0.768. The molecule has 0 aromatic heterocycles. The number of hydrogen-bond donors (Lipinski definition) is 0. The summed E-state index contributed by atoms with van der Waals surface area (Å²) in [7, 11) is 0. The van der Waals surface area contributed by atoms with Crippen LogP contribution in [0.1, 0.15) is 26.2 Å². The van der Waals surface area contributed by atoms with Gasteiger partial charge in [0.1, 0.15) is 5.75 Å². The highest BCUT2D eigenvalue weighted by atomic mass is 16.5. The Balaban J connectivity index is 2.10.